The average molecular weight is 220 g/mol. The van der Waals surface area contributed by atoms with Gasteiger partial charge in [-0.15, -0.1) is 0 Å². The van der Waals surface area contributed by atoms with Crippen molar-refractivity contribution in [3.8, 4) is 0 Å². The summed E-state index contributed by atoms with van der Waals surface area (Å²) in [7, 11) is 1.83. The van der Waals surface area contributed by atoms with E-state index < -0.39 is 0 Å². The van der Waals surface area contributed by atoms with Crippen molar-refractivity contribution in [1.29, 1.82) is 0 Å². The number of carbonyl (C=O) groups is 1. The number of hydrogen-bond acceptors (Lipinski definition) is 4. The molecule has 5 nitrogen and oxygen atoms in total. The van der Waals surface area contributed by atoms with Crippen molar-refractivity contribution in [2.45, 2.75) is 25.3 Å². The third-order valence-corrected chi connectivity index (χ3v) is 3.15. The highest BCUT2D eigenvalue weighted by Gasteiger charge is 2.27. The largest absolute Gasteiger partial charge is 0.339 e. The van der Waals surface area contributed by atoms with Gasteiger partial charge in [0, 0.05) is 25.5 Å². The van der Waals surface area contributed by atoms with Gasteiger partial charge in [-0.3, -0.25) is 15.6 Å². The second kappa shape index (κ2) is 4.49. The second-order valence-electron chi connectivity index (χ2n) is 4.07. The van der Waals surface area contributed by atoms with Crippen molar-refractivity contribution in [2.24, 2.45) is 5.84 Å². The number of hydrogen-bond donors (Lipinski definition) is 2. The van der Waals surface area contributed by atoms with Gasteiger partial charge in [0.1, 0.15) is 0 Å². The number of pyridine rings is 1. The van der Waals surface area contributed by atoms with Gasteiger partial charge in [0.05, 0.1) is 11.3 Å². The average Bonchev–Trinajstić information content (AvgIpc) is 2.25. The van der Waals surface area contributed by atoms with Crippen molar-refractivity contribution >= 4 is 11.6 Å². The molecule has 1 aliphatic carbocycles. The number of hydrazine groups is 1. The fourth-order valence-corrected chi connectivity index (χ4v) is 1.82. The summed E-state index contributed by atoms with van der Waals surface area (Å²) in [5, 5.41) is 0. The summed E-state index contributed by atoms with van der Waals surface area (Å²) >= 11 is 0. The van der Waals surface area contributed by atoms with E-state index in [0.717, 1.165) is 12.8 Å². The summed E-state index contributed by atoms with van der Waals surface area (Å²) in [4.78, 5) is 17.9. The van der Waals surface area contributed by atoms with E-state index >= 15 is 0 Å². The van der Waals surface area contributed by atoms with E-state index in [-0.39, 0.29) is 5.91 Å². The number of nitrogens with two attached hydrogens (primary N) is 1. The maximum absolute atomic E-state index is 12.1. The third kappa shape index (κ3) is 1.86. The lowest BCUT2D eigenvalue weighted by molar-refractivity contribution is 0.0652. The van der Waals surface area contributed by atoms with Gasteiger partial charge < -0.3 is 10.3 Å². The lowest BCUT2D eigenvalue weighted by atomic mass is 9.91. The number of carbonyl (C=O) groups excluding carboxylic acids is 1. The van der Waals surface area contributed by atoms with Gasteiger partial charge in [0.2, 0.25) is 0 Å². The van der Waals surface area contributed by atoms with E-state index in [1.54, 1.807) is 23.4 Å². The zero-order valence-electron chi connectivity index (χ0n) is 9.31. The van der Waals surface area contributed by atoms with Crippen LogP contribution in [0.4, 0.5) is 5.69 Å². The fourth-order valence-electron chi connectivity index (χ4n) is 1.82. The summed E-state index contributed by atoms with van der Waals surface area (Å²) in [5.74, 6) is 5.34. The molecule has 1 aliphatic rings. The van der Waals surface area contributed by atoms with Crippen molar-refractivity contribution in [3.05, 3.63) is 24.0 Å². The zero-order valence-corrected chi connectivity index (χ0v) is 9.31. The first kappa shape index (κ1) is 10.9. The summed E-state index contributed by atoms with van der Waals surface area (Å²) < 4.78 is 0. The Labute approximate surface area is 94.6 Å². The smallest absolute Gasteiger partial charge is 0.257 e. The number of amides is 1. The monoisotopic (exact) mass is 220 g/mol. The predicted molar refractivity (Wildman–Crippen MR) is 61.8 cm³/mol. The molecule has 86 valence electrons. The molecule has 0 aromatic carbocycles. The molecule has 0 spiro atoms. The van der Waals surface area contributed by atoms with Crippen molar-refractivity contribution in [2.75, 3.05) is 12.5 Å². The molecule has 1 heterocycles. The highest BCUT2D eigenvalue weighted by Crippen LogP contribution is 2.26. The summed E-state index contributed by atoms with van der Waals surface area (Å²) in [6, 6.07) is 2.07. The van der Waals surface area contributed by atoms with Crippen LogP contribution in [0, 0.1) is 0 Å². The lowest BCUT2D eigenvalue weighted by Crippen LogP contribution is -2.41. The van der Waals surface area contributed by atoms with E-state index in [1.807, 2.05) is 7.05 Å². The van der Waals surface area contributed by atoms with Gasteiger partial charge in [-0.05, 0) is 25.3 Å². The van der Waals surface area contributed by atoms with Crippen LogP contribution in [0.5, 0.6) is 0 Å². The van der Waals surface area contributed by atoms with Crippen LogP contribution in [0.15, 0.2) is 18.5 Å². The Morgan fingerprint density at radius 3 is 2.94 bits per heavy atom. The molecular weight excluding hydrogens is 204 g/mol. The molecule has 1 aromatic rings. The van der Waals surface area contributed by atoms with Crippen LogP contribution in [-0.4, -0.2) is 28.9 Å². The molecule has 0 aliphatic heterocycles. The molecule has 0 saturated heterocycles. The molecule has 2 rings (SSSR count). The van der Waals surface area contributed by atoms with E-state index in [9.17, 15) is 4.79 Å². The Bertz CT molecular complexity index is 389. The van der Waals surface area contributed by atoms with Gasteiger partial charge in [-0.2, -0.15) is 0 Å². The van der Waals surface area contributed by atoms with E-state index in [4.69, 9.17) is 5.84 Å². The Hall–Kier alpha value is -1.62. The molecule has 0 atom stereocenters. The molecule has 1 amide bonds. The lowest BCUT2D eigenvalue weighted by Gasteiger charge is -2.34. The first-order valence-electron chi connectivity index (χ1n) is 5.42. The Balaban J connectivity index is 2.19. The van der Waals surface area contributed by atoms with Crippen molar-refractivity contribution in [1.82, 2.24) is 9.88 Å². The summed E-state index contributed by atoms with van der Waals surface area (Å²) in [6.45, 7) is 0. The number of nitrogens with zero attached hydrogens (tertiary/aromatic N) is 2. The predicted octanol–water partition coefficient (Wildman–Crippen LogP) is 0.992. The highest BCUT2D eigenvalue weighted by atomic mass is 16.2. The summed E-state index contributed by atoms with van der Waals surface area (Å²) in [5.41, 5.74) is 3.66. The molecule has 0 radical (unpaired) electrons. The van der Waals surface area contributed by atoms with Crippen LogP contribution in [0.25, 0.3) is 0 Å². The van der Waals surface area contributed by atoms with Gasteiger partial charge in [-0.25, -0.2) is 0 Å². The molecule has 0 unspecified atom stereocenters. The molecule has 1 aromatic heterocycles. The SMILES string of the molecule is CN(C(=O)c1cnccc1NN)C1CCC1. The van der Waals surface area contributed by atoms with Crippen LogP contribution < -0.4 is 11.3 Å². The normalized spacial score (nSPS) is 15.4. The molecule has 0 bridgehead atoms. The molecule has 1 saturated carbocycles. The third-order valence-electron chi connectivity index (χ3n) is 3.15. The van der Waals surface area contributed by atoms with E-state index in [2.05, 4.69) is 10.4 Å². The van der Waals surface area contributed by atoms with Crippen LogP contribution in [0.3, 0.4) is 0 Å². The standard InChI is InChI=1S/C11H16N4O/c1-15(8-3-2-4-8)11(16)9-7-13-6-5-10(9)14-12/h5-8H,2-4,12H2,1H3,(H,13,14). The Morgan fingerprint density at radius 1 is 1.62 bits per heavy atom. The Kier molecular flexibility index (Phi) is 3.05. The molecule has 3 N–H and O–H groups in total. The van der Waals surface area contributed by atoms with Gasteiger partial charge in [0.25, 0.3) is 5.91 Å². The van der Waals surface area contributed by atoms with Gasteiger partial charge in [0.15, 0.2) is 0 Å². The zero-order chi connectivity index (χ0) is 11.5. The quantitative estimate of drug-likeness (QED) is 0.588. The van der Waals surface area contributed by atoms with Crippen LogP contribution in [0.2, 0.25) is 0 Å². The molecular formula is C11H16N4O. The molecule has 5 heteroatoms. The van der Waals surface area contributed by atoms with E-state index in [0.29, 0.717) is 17.3 Å². The number of nitrogens with one attached hydrogen (secondary N) is 1. The fraction of sp³-hybridized carbons (Fsp3) is 0.455. The minimum atomic E-state index is -0.0225. The number of aromatic nitrogens is 1. The second-order valence-corrected chi connectivity index (χ2v) is 4.07. The molecule has 16 heavy (non-hydrogen) atoms. The maximum atomic E-state index is 12.1. The number of anilines is 1. The van der Waals surface area contributed by atoms with Gasteiger partial charge in [-0.1, -0.05) is 0 Å². The number of rotatable bonds is 3. The molecule has 1 fully saturated rings. The Morgan fingerprint density at radius 2 is 2.38 bits per heavy atom. The minimum Gasteiger partial charge on any atom is -0.339 e. The van der Waals surface area contributed by atoms with E-state index in [1.165, 1.54) is 6.42 Å². The highest BCUT2D eigenvalue weighted by molar-refractivity contribution is 5.99. The van der Waals surface area contributed by atoms with Gasteiger partial charge >= 0.3 is 0 Å². The number of nitrogen functional groups attached to an aromatic ring is 1. The van der Waals surface area contributed by atoms with Crippen molar-refractivity contribution in [3.63, 3.8) is 0 Å². The maximum Gasteiger partial charge on any atom is 0.257 e. The minimum absolute atomic E-state index is 0.0225. The summed E-state index contributed by atoms with van der Waals surface area (Å²) in [6.07, 6.45) is 6.54. The first-order chi connectivity index (χ1) is 7.74. The van der Waals surface area contributed by atoms with Crippen molar-refractivity contribution < 1.29 is 4.79 Å². The topological polar surface area (TPSA) is 71.2 Å². The first-order valence-corrected chi connectivity index (χ1v) is 5.42. The van der Waals surface area contributed by atoms with Crippen LogP contribution >= 0.6 is 0 Å². The van der Waals surface area contributed by atoms with Crippen LogP contribution in [-0.2, 0) is 0 Å². The van der Waals surface area contributed by atoms with Crippen LogP contribution in [0.1, 0.15) is 29.6 Å².